The minimum atomic E-state index is -4.67. The monoisotopic (exact) mass is 754 g/mol. The summed E-state index contributed by atoms with van der Waals surface area (Å²) in [5.74, 6) is -0.00394. The number of pyridine rings is 1. The topological polar surface area (TPSA) is 156 Å². The average Bonchev–Trinajstić information content (AvgIpc) is 3.07. The minimum absolute atomic E-state index is 0.0860. The van der Waals surface area contributed by atoms with Gasteiger partial charge in [0.2, 0.25) is 0 Å². The molecule has 3 aromatic rings. The number of benzene rings is 2. The van der Waals surface area contributed by atoms with Crippen molar-refractivity contribution >= 4 is 40.9 Å². The minimum Gasteiger partial charge on any atom is -0.460 e. The Morgan fingerprint density at radius 2 is 1.31 bits per heavy atom. The largest absolute Gasteiger partial charge is 0.460 e. The van der Waals surface area contributed by atoms with Gasteiger partial charge >= 0.3 is 18.2 Å². The van der Waals surface area contributed by atoms with Gasteiger partial charge in [-0.05, 0) is 69.3 Å². The highest BCUT2D eigenvalue weighted by atomic mass is 35.5. The molecule has 0 fully saturated rings. The maximum absolute atomic E-state index is 13.1. The van der Waals surface area contributed by atoms with E-state index in [0.717, 1.165) is 12.1 Å². The van der Waals surface area contributed by atoms with Crippen molar-refractivity contribution in [1.29, 1.82) is 0 Å². The molecule has 3 rings (SSSR count). The maximum Gasteiger partial charge on any atom is 0.417 e. The zero-order valence-corrected chi connectivity index (χ0v) is 29.7. The lowest BCUT2D eigenvalue weighted by Gasteiger charge is -2.19. The van der Waals surface area contributed by atoms with Crippen molar-refractivity contribution in [2.75, 3.05) is 70.0 Å². The summed E-state index contributed by atoms with van der Waals surface area (Å²) in [4.78, 5) is 40.5. The summed E-state index contributed by atoms with van der Waals surface area (Å²) in [5.41, 5.74) is -1.19. The number of carbonyl (C=O) groups excluding carboxylic acids is 3. The molecule has 2 aromatic carbocycles. The van der Waals surface area contributed by atoms with Crippen LogP contribution in [0.5, 0.6) is 11.5 Å². The van der Waals surface area contributed by atoms with Crippen molar-refractivity contribution in [1.82, 2.24) is 10.3 Å². The Morgan fingerprint density at radius 3 is 1.92 bits per heavy atom. The van der Waals surface area contributed by atoms with Crippen LogP contribution < -0.4 is 20.7 Å². The van der Waals surface area contributed by atoms with Gasteiger partial charge < -0.3 is 44.4 Å². The molecular formula is C35H42ClF3N4O9. The molecule has 52 heavy (non-hydrogen) atoms. The highest BCUT2D eigenvalue weighted by molar-refractivity contribution is 6.31. The smallest absolute Gasteiger partial charge is 0.417 e. The molecule has 0 aliphatic rings. The third-order valence-electron chi connectivity index (χ3n) is 6.36. The van der Waals surface area contributed by atoms with Crippen molar-refractivity contribution in [3.05, 3.63) is 77.1 Å². The number of hydrogen-bond donors (Lipinski definition) is 3. The lowest BCUT2D eigenvalue weighted by molar-refractivity contribution is -0.156. The van der Waals surface area contributed by atoms with E-state index in [9.17, 15) is 27.6 Å². The van der Waals surface area contributed by atoms with Crippen LogP contribution in [0, 0.1) is 0 Å². The number of rotatable bonds is 20. The SMILES string of the molecule is CC(C)(C)OC(=O)CCOCCOCCOCCOCCNC(=O)c1cc(Oc2ccc(NC(=O)Nc3ccc(Cl)c(C(F)(F)F)c3)cc2)ccn1. The molecule has 3 N–H and O–H groups in total. The van der Waals surface area contributed by atoms with E-state index in [4.69, 9.17) is 40.0 Å². The highest BCUT2D eigenvalue weighted by Gasteiger charge is 2.33. The first kappa shape index (κ1) is 41.9. The number of aromatic nitrogens is 1. The molecule has 0 bridgehead atoms. The zero-order valence-electron chi connectivity index (χ0n) is 29.0. The van der Waals surface area contributed by atoms with E-state index in [1.54, 1.807) is 18.2 Å². The molecule has 0 aliphatic heterocycles. The second-order valence-corrected chi connectivity index (χ2v) is 12.2. The van der Waals surface area contributed by atoms with Gasteiger partial charge in [-0.15, -0.1) is 0 Å². The number of urea groups is 1. The van der Waals surface area contributed by atoms with Crippen LogP contribution in [-0.2, 0) is 34.7 Å². The summed E-state index contributed by atoms with van der Waals surface area (Å²) in [6, 6.07) is 11.5. The van der Waals surface area contributed by atoms with Gasteiger partial charge in [0.05, 0.1) is 69.9 Å². The Balaban J connectivity index is 1.25. The Labute approximate surface area is 304 Å². The lowest BCUT2D eigenvalue weighted by atomic mass is 10.2. The van der Waals surface area contributed by atoms with E-state index < -0.39 is 34.3 Å². The van der Waals surface area contributed by atoms with E-state index in [1.807, 2.05) is 20.8 Å². The Bertz CT molecular complexity index is 1590. The second kappa shape index (κ2) is 21.1. The summed E-state index contributed by atoms with van der Waals surface area (Å²) in [6.45, 7) is 8.38. The third-order valence-corrected chi connectivity index (χ3v) is 6.69. The fourth-order valence-corrected chi connectivity index (χ4v) is 4.32. The molecular weight excluding hydrogens is 713 g/mol. The van der Waals surface area contributed by atoms with Crippen molar-refractivity contribution < 1.29 is 56.0 Å². The van der Waals surface area contributed by atoms with Crippen LogP contribution in [0.15, 0.2) is 60.8 Å². The first-order chi connectivity index (χ1) is 24.7. The molecule has 0 saturated heterocycles. The highest BCUT2D eigenvalue weighted by Crippen LogP contribution is 2.36. The van der Waals surface area contributed by atoms with Crippen molar-refractivity contribution in [2.45, 2.75) is 39.0 Å². The molecule has 0 spiro atoms. The van der Waals surface area contributed by atoms with E-state index in [-0.39, 0.29) is 43.5 Å². The van der Waals surface area contributed by atoms with Gasteiger partial charge in [-0.3, -0.25) is 14.6 Å². The maximum atomic E-state index is 13.1. The van der Waals surface area contributed by atoms with Gasteiger partial charge in [0.1, 0.15) is 22.8 Å². The van der Waals surface area contributed by atoms with Gasteiger partial charge in [0.15, 0.2) is 0 Å². The summed E-state index contributed by atoms with van der Waals surface area (Å²) in [5, 5.41) is 7.09. The van der Waals surface area contributed by atoms with Crippen LogP contribution in [0.3, 0.4) is 0 Å². The predicted molar refractivity (Wildman–Crippen MR) is 186 cm³/mol. The van der Waals surface area contributed by atoms with Crippen molar-refractivity contribution in [3.63, 3.8) is 0 Å². The number of esters is 1. The van der Waals surface area contributed by atoms with Crippen molar-refractivity contribution in [3.8, 4) is 11.5 Å². The summed E-state index contributed by atoms with van der Waals surface area (Å²) in [6.07, 6.45) is -3.06. The van der Waals surface area contributed by atoms with Crippen LogP contribution >= 0.6 is 11.6 Å². The first-order valence-corrected chi connectivity index (χ1v) is 16.6. The van der Waals surface area contributed by atoms with Gasteiger partial charge in [-0.25, -0.2) is 4.79 Å². The third kappa shape index (κ3) is 16.7. The quantitative estimate of drug-likeness (QED) is 0.0837. The second-order valence-electron chi connectivity index (χ2n) is 11.8. The number of ether oxygens (including phenoxy) is 6. The molecule has 0 saturated carbocycles. The molecule has 13 nitrogen and oxygen atoms in total. The molecule has 284 valence electrons. The Morgan fingerprint density at radius 1 is 0.731 bits per heavy atom. The molecule has 1 heterocycles. The number of nitrogens with zero attached hydrogens (tertiary/aromatic N) is 1. The number of halogens is 4. The molecule has 0 atom stereocenters. The molecule has 0 radical (unpaired) electrons. The average molecular weight is 755 g/mol. The Kier molecular flexibility index (Phi) is 17.1. The number of anilines is 2. The molecule has 1 aromatic heterocycles. The van der Waals surface area contributed by atoms with Crippen LogP contribution in [-0.4, -0.2) is 87.9 Å². The number of nitrogens with one attached hydrogen (secondary N) is 3. The number of carbonyl (C=O) groups is 3. The number of amides is 3. The van der Waals surface area contributed by atoms with Gasteiger partial charge in [-0.1, -0.05) is 11.6 Å². The number of alkyl halides is 3. The van der Waals surface area contributed by atoms with E-state index >= 15 is 0 Å². The molecule has 0 aliphatic carbocycles. The standard InChI is InChI=1S/C35H42ClF3N4O9/c1-34(2,3)52-31(44)11-14-47-16-18-49-20-21-50-19-17-48-15-13-41-32(45)30-23-27(10-12-40-30)51-26-7-4-24(5-8-26)42-33(46)43-25-6-9-29(36)28(22-25)35(37,38)39/h4-10,12,22-23H,11,13-21H2,1-3H3,(H,41,45)(H2,42,43,46). The Hall–Kier alpha value is -4.48. The van der Waals surface area contributed by atoms with Gasteiger partial charge in [0.25, 0.3) is 5.91 Å². The van der Waals surface area contributed by atoms with E-state index in [2.05, 4.69) is 20.9 Å². The van der Waals surface area contributed by atoms with Crippen LogP contribution in [0.1, 0.15) is 43.2 Å². The van der Waals surface area contributed by atoms with E-state index in [1.165, 1.54) is 30.5 Å². The zero-order chi connectivity index (χ0) is 38.0. The fourth-order valence-electron chi connectivity index (χ4n) is 4.09. The molecule has 17 heteroatoms. The fraction of sp³-hybridized carbons (Fsp3) is 0.429. The lowest BCUT2D eigenvalue weighted by Crippen LogP contribution is -2.28. The van der Waals surface area contributed by atoms with Crippen LogP contribution in [0.25, 0.3) is 0 Å². The summed E-state index contributed by atoms with van der Waals surface area (Å²) >= 11 is 5.62. The van der Waals surface area contributed by atoms with Gasteiger partial charge in [0, 0.05) is 30.2 Å². The van der Waals surface area contributed by atoms with Crippen molar-refractivity contribution in [2.24, 2.45) is 0 Å². The number of hydrogen-bond acceptors (Lipinski definition) is 10. The van der Waals surface area contributed by atoms with Crippen LogP contribution in [0.2, 0.25) is 5.02 Å². The normalized spacial score (nSPS) is 11.5. The molecule has 0 unspecified atom stereocenters. The molecule has 3 amide bonds. The van der Waals surface area contributed by atoms with Gasteiger partial charge in [-0.2, -0.15) is 13.2 Å². The summed E-state index contributed by atoms with van der Waals surface area (Å²) in [7, 11) is 0. The van der Waals surface area contributed by atoms with E-state index in [0.29, 0.717) is 56.8 Å². The van der Waals surface area contributed by atoms with Crippen LogP contribution in [0.4, 0.5) is 29.3 Å². The summed E-state index contributed by atoms with van der Waals surface area (Å²) < 4.78 is 71.9. The first-order valence-electron chi connectivity index (χ1n) is 16.2. The predicted octanol–water partition coefficient (Wildman–Crippen LogP) is 6.72.